The van der Waals surface area contributed by atoms with Gasteiger partial charge in [0, 0.05) is 18.0 Å². The molecule has 1 N–H and O–H groups in total. The van der Waals surface area contributed by atoms with Crippen LogP contribution < -0.4 is 4.74 Å². The number of fused-ring (bicyclic) bond motifs is 4. The first-order chi connectivity index (χ1) is 12.8. The first-order valence-electron chi connectivity index (χ1n) is 10.1. The Hall–Kier alpha value is -2.00. The molecule has 144 valence electrons. The quantitative estimate of drug-likeness (QED) is 0.847. The van der Waals surface area contributed by atoms with Crippen molar-refractivity contribution in [1.29, 1.82) is 0 Å². The predicted octanol–water partition coefficient (Wildman–Crippen LogP) is 4.77. The number of phenolic OH excluding ortho intramolecular Hbond substituents is 1. The van der Waals surface area contributed by atoms with Gasteiger partial charge in [-0.1, -0.05) is 45.0 Å². The normalized spacial score (nSPS) is 27.6. The molecule has 0 radical (unpaired) electrons. The van der Waals surface area contributed by atoms with E-state index in [0.29, 0.717) is 11.8 Å². The van der Waals surface area contributed by atoms with Crippen molar-refractivity contribution in [3.63, 3.8) is 0 Å². The summed E-state index contributed by atoms with van der Waals surface area (Å²) in [6.45, 7) is 11.4. The van der Waals surface area contributed by atoms with Crippen LogP contribution in [0.1, 0.15) is 45.2 Å². The number of rotatable bonds is 4. The van der Waals surface area contributed by atoms with Crippen LogP contribution in [0.25, 0.3) is 0 Å². The Morgan fingerprint density at radius 2 is 1.89 bits per heavy atom. The Morgan fingerprint density at radius 3 is 2.63 bits per heavy atom. The van der Waals surface area contributed by atoms with E-state index in [2.05, 4.69) is 38.7 Å². The second kappa shape index (κ2) is 6.56. The number of phenols is 1. The van der Waals surface area contributed by atoms with Crippen molar-refractivity contribution >= 4 is 0 Å². The molecular weight excluding hydrogens is 334 g/mol. The summed E-state index contributed by atoms with van der Waals surface area (Å²) in [5.41, 5.74) is 3.04. The van der Waals surface area contributed by atoms with Crippen molar-refractivity contribution in [2.45, 2.75) is 58.1 Å². The number of para-hydroxylation sites is 1. The zero-order valence-electron chi connectivity index (χ0n) is 16.9. The zero-order chi connectivity index (χ0) is 19.2. The van der Waals surface area contributed by atoms with Gasteiger partial charge >= 0.3 is 0 Å². The van der Waals surface area contributed by atoms with Crippen molar-refractivity contribution in [3.05, 3.63) is 59.7 Å². The summed E-state index contributed by atoms with van der Waals surface area (Å²) in [7, 11) is 0. The summed E-state index contributed by atoms with van der Waals surface area (Å²) in [6.07, 6.45) is 2.26. The topological polar surface area (TPSA) is 32.7 Å². The van der Waals surface area contributed by atoms with Crippen molar-refractivity contribution in [2.75, 3.05) is 13.1 Å². The van der Waals surface area contributed by atoms with Crippen LogP contribution in [0.15, 0.2) is 48.5 Å². The van der Waals surface area contributed by atoms with E-state index in [-0.39, 0.29) is 16.9 Å². The van der Waals surface area contributed by atoms with Crippen LogP contribution in [0, 0.1) is 5.41 Å². The van der Waals surface area contributed by atoms with Crippen LogP contribution in [0.4, 0.5) is 0 Å². The highest BCUT2D eigenvalue weighted by atomic mass is 16.5. The maximum absolute atomic E-state index is 10.0. The Kier molecular flexibility index (Phi) is 4.46. The van der Waals surface area contributed by atoms with Gasteiger partial charge in [0.15, 0.2) is 0 Å². The molecule has 3 atom stereocenters. The van der Waals surface area contributed by atoms with E-state index in [4.69, 9.17) is 4.74 Å². The number of ether oxygens (including phenoxy) is 1. The molecule has 1 unspecified atom stereocenters. The van der Waals surface area contributed by atoms with Crippen LogP contribution in [-0.2, 0) is 11.8 Å². The van der Waals surface area contributed by atoms with Gasteiger partial charge in [0.1, 0.15) is 17.6 Å². The molecule has 2 aliphatic rings. The highest BCUT2D eigenvalue weighted by Gasteiger charge is 2.55. The molecule has 1 fully saturated rings. The largest absolute Gasteiger partial charge is 0.508 e. The van der Waals surface area contributed by atoms with Gasteiger partial charge in [-0.2, -0.15) is 0 Å². The number of benzene rings is 2. The Bertz CT molecular complexity index is 816. The maximum Gasteiger partial charge on any atom is 0.119 e. The summed E-state index contributed by atoms with van der Waals surface area (Å²) in [5, 5.41) is 10.0. The van der Waals surface area contributed by atoms with E-state index in [1.165, 1.54) is 11.1 Å². The van der Waals surface area contributed by atoms with E-state index in [1.54, 1.807) is 0 Å². The Balaban J connectivity index is 1.58. The average molecular weight is 366 g/mol. The molecule has 1 heterocycles. The second-order valence-electron chi connectivity index (χ2n) is 9.10. The molecule has 3 heteroatoms. The molecule has 4 rings (SSSR count). The maximum atomic E-state index is 10.0. The molecule has 3 nitrogen and oxygen atoms in total. The van der Waals surface area contributed by atoms with Gasteiger partial charge in [0.2, 0.25) is 0 Å². The van der Waals surface area contributed by atoms with Gasteiger partial charge in [0.25, 0.3) is 0 Å². The molecule has 0 aromatic heterocycles. The van der Waals surface area contributed by atoms with Crippen molar-refractivity contribution in [1.82, 2.24) is 4.90 Å². The van der Waals surface area contributed by atoms with E-state index in [0.717, 1.165) is 31.7 Å². The standard InChI is InChI=1S/C24H31NO2/c1-17(27-20-8-6-5-7-9-20)16-25-13-12-24(4)21-11-10-19(26)14-18(21)15-22(25)23(24,2)3/h5-11,14,17,22,26H,12-13,15-16H2,1-4H3/t17-,22+,24?/m1/s1. The SMILES string of the molecule is C[C@H](CN1CCC2(C)c3ccc(O)cc3C[C@H]1C2(C)C)Oc1ccccc1. The van der Waals surface area contributed by atoms with E-state index < -0.39 is 0 Å². The van der Waals surface area contributed by atoms with Crippen LogP contribution in [0.5, 0.6) is 11.5 Å². The number of aromatic hydroxyl groups is 1. The first kappa shape index (κ1) is 18.4. The third-order valence-electron chi connectivity index (χ3n) is 7.26. The molecule has 1 aliphatic heterocycles. The summed E-state index contributed by atoms with van der Waals surface area (Å²) in [6, 6.07) is 16.5. The fourth-order valence-electron chi connectivity index (χ4n) is 5.35. The summed E-state index contributed by atoms with van der Waals surface area (Å²) in [5.74, 6) is 1.31. The lowest BCUT2D eigenvalue weighted by molar-refractivity contribution is -0.0496. The minimum absolute atomic E-state index is 0.137. The average Bonchev–Trinajstić information content (AvgIpc) is 2.61. The van der Waals surface area contributed by atoms with Crippen LogP contribution in [-0.4, -0.2) is 35.2 Å². The lowest BCUT2D eigenvalue weighted by Gasteiger charge is -2.61. The molecule has 0 spiro atoms. The van der Waals surface area contributed by atoms with Gasteiger partial charge in [0.05, 0.1) is 0 Å². The summed E-state index contributed by atoms with van der Waals surface area (Å²) >= 11 is 0. The number of likely N-dealkylation sites (tertiary alicyclic amines) is 1. The minimum Gasteiger partial charge on any atom is -0.508 e. The summed E-state index contributed by atoms with van der Waals surface area (Å²) in [4.78, 5) is 2.61. The van der Waals surface area contributed by atoms with Crippen LogP contribution in [0.3, 0.4) is 0 Å². The van der Waals surface area contributed by atoms with Crippen molar-refractivity contribution < 1.29 is 9.84 Å². The van der Waals surface area contributed by atoms with Crippen LogP contribution >= 0.6 is 0 Å². The minimum atomic E-state index is 0.137. The van der Waals surface area contributed by atoms with Gasteiger partial charge in [-0.25, -0.2) is 0 Å². The van der Waals surface area contributed by atoms with Gasteiger partial charge in [-0.05, 0) is 67.1 Å². The molecule has 2 aromatic carbocycles. The Morgan fingerprint density at radius 1 is 1.15 bits per heavy atom. The zero-order valence-corrected chi connectivity index (χ0v) is 16.9. The van der Waals surface area contributed by atoms with Crippen LogP contribution in [0.2, 0.25) is 0 Å². The highest BCUT2D eigenvalue weighted by Crippen LogP contribution is 2.56. The van der Waals surface area contributed by atoms with Crippen molar-refractivity contribution in [3.8, 4) is 11.5 Å². The van der Waals surface area contributed by atoms with Gasteiger partial charge < -0.3 is 9.84 Å². The lowest BCUT2D eigenvalue weighted by Crippen LogP contribution is -2.64. The first-order valence-corrected chi connectivity index (χ1v) is 10.1. The van der Waals surface area contributed by atoms with E-state index in [9.17, 15) is 5.11 Å². The molecule has 1 saturated heterocycles. The monoisotopic (exact) mass is 365 g/mol. The van der Waals surface area contributed by atoms with E-state index >= 15 is 0 Å². The molecule has 2 bridgehead atoms. The third kappa shape index (κ3) is 3.02. The molecule has 27 heavy (non-hydrogen) atoms. The number of hydrogen-bond acceptors (Lipinski definition) is 3. The number of piperidine rings is 1. The molecular formula is C24H31NO2. The van der Waals surface area contributed by atoms with Gasteiger partial charge in [-0.15, -0.1) is 0 Å². The predicted molar refractivity (Wildman–Crippen MR) is 109 cm³/mol. The second-order valence-corrected chi connectivity index (χ2v) is 9.10. The highest BCUT2D eigenvalue weighted by molar-refractivity contribution is 5.45. The third-order valence-corrected chi connectivity index (χ3v) is 7.26. The fourth-order valence-corrected chi connectivity index (χ4v) is 5.35. The summed E-state index contributed by atoms with van der Waals surface area (Å²) < 4.78 is 6.15. The molecule has 0 saturated carbocycles. The van der Waals surface area contributed by atoms with Gasteiger partial charge in [-0.3, -0.25) is 4.90 Å². The molecule has 2 aromatic rings. The number of hydrogen-bond donors (Lipinski definition) is 1. The van der Waals surface area contributed by atoms with Crippen molar-refractivity contribution in [2.24, 2.45) is 5.41 Å². The lowest BCUT2D eigenvalue weighted by atomic mass is 9.51. The Labute approximate surface area is 163 Å². The molecule has 1 aliphatic carbocycles. The molecule has 0 amide bonds. The number of nitrogens with zero attached hydrogens (tertiary/aromatic N) is 1. The fraction of sp³-hybridized carbons (Fsp3) is 0.500. The van der Waals surface area contributed by atoms with E-state index in [1.807, 2.05) is 42.5 Å². The smallest absolute Gasteiger partial charge is 0.119 e.